The molecule has 0 aromatic carbocycles. The van der Waals surface area contributed by atoms with Crippen molar-refractivity contribution in [1.29, 1.82) is 0 Å². The molecule has 6 nitrogen and oxygen atoms in total. The Kier molecular flexibility index (Phi) is 4.41. The lowest BCUT2D eigenvalue weighted by atomic mass is 9.97. The van der Waals surface area contributed by atoms with Gasteiger partial charge in [-0.15, -0.1) is 0 Å². The zero-order valence-electron chi connectivity index (χ0n) is 10.6. The summed E-state index contributed by atoms with van der Waals surface area (Å²) in [5.74, 6) is -0.277. The number of hydrogen-bond acceptors (Lipinski definition) is 5. The molecule has 102 valence electrons. The molecule has 0 aromatic rings. The smallest absolute Gasteiger partial charge is 0.410 e. The first kappa shape index (κ1) is 13.1. The number of hydrogen-bond donors (Lipinski definition) is 0. The van der Waals surface area contributed by atoms with Gasteiger partial charge >= 0.3 is 12.1 Å². The molecule has 1 atom stereocenters. The first-order valence-electron chi connectivity index (χ1n) is 6.32. The van der Waals surface area contributed by atoms with Crippen molar-refractivity contribution < 1.29 is 23.8 Å². The predicted molar refractivity (Wildman–Crippen MR) is 62.0 cm³/mol. The minimum absolute atomic E-state index is 0.0890. The number of nitrogens with zero attached hydrogens (tertiary/aromatic N) is 1. The van der Waals surface area contributed by atoms with E-state index in [9.17, 15) is 9.59 Å². The van der Waals surface area contributed by atoms with E-state index in [-0.39, 0.29) is 24.1 Å². The number of piperidine rings is 1. The molecule has 0 aromatic heterocycles. The number of likely N-dealkylation sites (tertiary alicyclic amines) is 1. The summed E-state index contributed by atoms with van der Waals surface area (Å²) in [6.45, 7) is 2.24. The first-order valence-corrected chi connectivity index (χ1v) is 6.32. The highest BCUT2D eigenvalue weighted by atomic mass is 16.6. The average molecular weight is 257 g/mol. The second-order valence-electron chi connectivity index (χ2n) is 4.65. The van der Waals surface area contributed by atoms with Crippen molar-refractivity contribution in [1.82, 2.24) is 4.90 Å². The summed E-state index contributed by atoms with van der Waals surface area (Å²) < 4.78 is 15.2. The Balaban J connectivity index is 1.74. The number of methoxy groups -OCH3 is 1. The van der Waals surface area contributed by atoms with E-state index in [4.69, 9.17) is 14.2 Å². The molecule has 0 radical (unpaired) electrons. The molecular weight excluding hydrogens is 238 g/mol. The number of rotatable bonds is 2. The number of carbonyl (C=O) groups excluding carboxylic acids is 2. The van der Waals surface area contributed by atoms with Gasteiger partial charge < -0.3 is 19.1 Å². The van der Waals surface area contributed by atoms with Crippen molar-refractivity contribution in [2.24, 2.45) is 5.92 Å². The molecule has 2 fully saturated rings. The van der Waals surface area contributed by atoms with Gasteiger partial charge in [-0.25, -0.2) is 4.79 Å². The van der Waals surface area contributed by atoms with Crippen molar-refractivity contribution >= 4 is 12.1 Å². The number of esters is 1. The molecule has 18 heavy (non-hydrogen) atoms. The van der Waals surface area contributed by atoms with Crippen molar-refractivity contribution in [3.05, 3.63) is 0 Å². The normalized spacial score (nSPS) is 24.9. The van der Waals surface area contributed by atoms with Crippen LogP contribution in [0.25, 0.3) is 0 Å². The van der Waals surface area contributed by atoms with Crippen LogP contribution in [-0.2, 0) is 19.0 Å². The van der Waals surface area contributed by atoms with Gasteiger partial charge in [0.1, 0.15) is 6.10 Å². The maximum atomic E-state index is 11.8. The predicted octanol–water partition coefficient (Wildman–Crippen LogP) is 0.797. The molecular formula is C12H19NO5. The summed E-state index contributed by atoms with van der Waals surface area (Å²) in [5, 5.41) is 0. The molecule has 2 aliphatic heterocycles. The molecule has 0 bridgehead atoms. The van der Waals surface area contributed by atoms with Crippen molar-refractivity contribution in [3.8, 4) is 0 Å². The van der Waals surface area contributed by atoms with Gasteiger partial charge in [-0.3, -0.25) is 4.79 Å². The third-order valence-corrected chi connectivity index (χ3v) is 3.44. The topological polar surface area (TPSA) is 65.1 Å². The van der Waals surface area contributed by atoms with E-state index in [0.29, 0.717) is 39.1 Å². The van der Waals surface area contributed by atoms with Gasteiger partial charge in [0.2, 0.25) is 0 Å². The van der Waals surface area contributed by atoms with Crippen LogP contribution in [-0.4, -0.2) is 56.5 Å². The van der Waals surface area contributed by atoms with E-state index < -0.39 is 0 Å². The molecule has 0 N–H and O–H groups in total. The molecule has 0 saturated carbocycles. The summed E-state index contributed by atoms with van der Waals surface area (Å²) in [6, 6.07) is 0. The van der Waals surface area contributed by atoms with Crippen molar-refractivity contribution in [3.63, 3.8) is 0 Å². The fraction of sp³-hybridized carbons (Fsp3) is 0.833. The van der Waals surface area contributed by atoms with E-state index in [0.717, 1.165) is 6.42 Å². The maximum Gasteiger partial charge on any atom is 0.410 e. The third kappa shape index (κ3) is 3.13. The minimum Gasteiger partial charge on any atom is -0.469 e. The molecule has 2 saturated heterocycles. The zero-order valence-corrected chi connectivity index (χ0v) is 10.6. The highest BCUT2D eigenvalue weighted by molar-refractivity contribution is 5.73. The second-order valence-corrected chi connectivity index (χ2v) is 4.65. The Morgan fingerprint density at radius 2 is 1.94 bits per heavy atom. The lowest BCUT2D eigenvalue weighted by molar-refractivity contribution is -0.147. The summed E-state index contributed by atoms with van der Waals surface area (Å²) in [4.78, 5) is 24.8. The molecule has 0 aliphatic carbocycles. The van der Waals surface area contributed by atoms with Gasteiger partial charge in [0.25, 0.3) is 0 Å². The van der Waals surface area contributed by atoms with Crippen LogP contribution in [0.15, 0.2) is 0 Å². The lowest BCUT2D eigenvalue weighted by Gasteiger charge is -2.30. The molecule has 0 unspecified atom stereocenters. The van der Waals surface area contributed by atoms with Gasteiger partial charge in [-0.05, 0) is 12.8 Å². The summed E-state index contributed by atoms with van der Waals surface area (Å²) >= 11 is 0. The van der Waals surface area contributed by atoms with Gasteiger partial charge in [-0.1, -0.05) is 0 Å². The van der Waals surface area contributed by atoms with E-state index in [2.05, 4.69) is 0 Å². The Bertz CT molecular complexity index is 306. The Labute approximate surface area is 106 Å². The molecule has 1 amide bonds. The highest BCUT2D eigenvalue weighted by Crippen LogP contribution is 2.20. The van der Waals surface area contributed by atoms with Gasteiger partial charge in [0, 0.05) is 19.5 Å². The number of ether oxygens (including phenoxy) is 3. The van der Waals surface area contributed by atoms with E-state index in [1.54, 1.807) is 4.90 Å². The van der Waals surface area contributed by atoms with Crippen LogP contribution in [0.1, 0.15) is 19.3 Å². The van der Waals surface area contributed by atoms with E-state index >= 15 is 0 Å². The van der Waals surface area contributed by atoms with Crippen molar-refractivity contribution in [2.45, 2.75) is 25.4 Å². The molecule has 0 spiro atoms. The molecule has 6 heteroatoms. The largest absolute Gasteiger partial charge is 0.469 e. The second kappa shape index (κ2) is 6.04. The number of carbonyl (C=O) groups is 2. The van der Waals surface area contributed by atoms with Crippen LogP contribution in [0, 0.1) is 5.92 Å². The third-order valence-electron chi connectivity index (χ3n) is 3.44. The van der Waals surface area contributed by atoms with Crippen LogP contribution in [0.5, 0.6) is 0 Å². The highest BCUT2D eigenvalue weighted by Gasteiger charge is 2.30. The quantitative estimate of drug-likeness (QED) is 0.684. The molecule has 2 rings (SSSR count). The van der Waals surface area contributed by atoms with E-state index in [1.807, 2.05) is 0 Å². The van der Waals surface area contributed by atoms with Crippen LogP contribution in [0.2, 0.25) is 0 Å². The average Bonchev–Trinajstić information content (AvgIpc) is 2.91. The summed E-state index contributed by atoms with van der Waals surface area (Å²) in [6.07, 6.45) is 1.64. The first-order chi connectivity index (χ1) is 8.70. The maximum absolute atomic E-state index is 11.8. The SMILES string of the molecule is COC(=O)C1CCN(C(=O)O[C@H]2CCOC2)CC1. The zero-order chi connectivity index (χ0) is 13.0. The van der Waals surface area contributed by atoms with Crippen LogP contribution < -0.4 is 0 Å². The summed E-state index contributed by atoms with van der Waals surface area (Å²) in [5.41, 5.74) is 0. The van der Waals surface area contributed by atoms with Crippen LogP contribution in [0.3, 0.4) is 0 Å². The van der Waals surface area contributed by atoms with Gasteiger partial charge in [0.05, 0.1) is 26.2 Å². The standard InChI is InChI=1S/C12H19NO5/c1-16-11(14)9-2-5-13(6-3-9)12(15)18-10-4-7-17-8-10/h9-10H,2-8H2,1H3/t10-/m0/s1. The Hall–Kier alpha value is -1.30. The van der Waals surface area contributed by atoms with Crippen LogP contribution in [0.4, 0.5) is 4.79 Å². The van der Waals surface area contributed by atoms with Gasteiger partial charge in [0.15, 0.2) is 0 Å². The molecule has 2 aliphatic rings. The fourth-order valence-corrected chi connectivity index (χ4v) is 2.29. The van der Waals surface area contributed by atoms with Crippen molar-refractivity contribution in [2.75, 3.05) is 33.4 Å². The Morgan fingerprint density at radius 3 is 2.50 bits per heavy atom. The minimum atomic E-state index is -0.297. The molecule has 2 heterocycles. The fourth-order valence-electron chi connectivity index (χ4n) is 2.29. The Morgan fingerprint density at radius 1 is 1.22 bits per heavy atom. The van der Waals surface area contributed by atoms with E-state index in [1.165, 1.54) is 7.11 Å². The lowest BCUT2D eigenvalue weighted by Crippen LogP contribution is -2.42. The van der Waals surface area contributed by atoms with Gasteiger partial charge in [-0.2, -0.15) is 0 Å². The summed E-state index contributed by atoms with van der Waals surface area (Å²) in [7, 11) is 1.39. The number of amides is 1. The monoisotopic (exact) mass is 257 g/mol. The van der Waals surface area contributed by atoms with Crippen LogP contribution >= 0.6 is 0 Å².